The van der Waals surface area contributed by atoms with Crippen molar-refractivity contribution in [2.75, 3.05) is 0 Å². The summed E-state index contributed by atoms with van der Waals surface area (Å²) in [6, 6.07) is 5.66. The molecule has 0 unspecified atom stereocenters. The Balaban J connectivity index is 2.94. The van der Waals surface area contributed by atoms with Gasteiger partial charge in [0.25, 0.3) is 0 Å². The number of phenolic OH excluding ortho intramolecular Hbond substituents is 2. The second-order valence-corrected chi connectivity index (χ2v) is 7.24. The van der Waals surface area contributed by atoms with Crippen molar-refractivity contribution in [2.45, 2.75) is 53.9 Å². The van der Waals surface area contributed by atoms with Crippen molar-refractivity contribution in [1.82, 2.24) is 0 Å². The number of aryl methyl sites for hydroxylation is 2. The van der Waals surface area contributed by atoms with Crippen molar-refractivity contribution < 1.29 is 10.2 Å². The van der Waals surface area contributed by atoms with E-state index in [0.29, 0.717) is 0 Å². The van der Waals surface area contributed by atoms with Crippen LogP contribution in [0.25, 0.3) is 11.1 Å². The minimum atomic E-state index is -0.162. The third kappa shape index (κ3) is 2.58. The molecule has 2 nitrogen and oxygen atoms in total. The number of phenols is 2. The Labute approximate surface area is 133 Å². The molecule has 0 heterocycles. The number of hydrogen-bond donors (Lipinski definition) is 2. The van der Waals surface area contributed by atoms with Crippen molar-refractivity contribution in [3.05, 3.63) is 46.0 Å². The lowest BCUT2D eigenvalue weighted by atomic mass is 9.80. The maximum absolute atomic E-state index is 10.9. The third-order valence-electron chi connectivity index (χ3n) is 4.59. The number of benzene rings is 2. The molecule has 0 spiro atoms. The topological polar surface area (TPSA) is 40.5 Å². The van der Waals surface area contributed by atoms with Gasteiger partial charge < -0.3 is 10.2 Å². The second-order valence-electron chi connectivity index (χ2n) is 7.24. The summed E-state index contributed by atoms with van der Waals surface area (Å²) in [5.74, 6) is 0.492. The number of aromatic hydroxyl groups is 2. The van der Waals surface area contributed by atoms with Crippen LogP contribution >= 0.6 is 0 Å². The molecule has 0 atom stereocenters. The molecule has 0 fully saturated rings. The van der Waals surface area contributed by atoms with Crippen molar-refractivity contribution in [3.8, 4) is 22.6 Å². The maximum atomic E-state index is 10.9. The fraction of sp³-hybridized carbons (Fsp3) is 0.400. The van der Waals surface area contributed by atoms with Gasteiger partial charge in [-0.1, -0.05) is 32.9 Å². The van der Waals surface area contributed by atoms with Crippen LogP contribution in [-0.4, -0.2) is 10.2 Å². The molecule has 2 aromatic rings. The summed E-state index contributed by atoms with van der Waals surface area (Å²) in [6.07, 6.45) is 0. The summed E-state index contributed by atoms with van der Waals surface area (Å²) in [6.45, 7) is 14.3. The molecule has 0 aliphatic rings. The molecule has 22 heavy (non-hydrogen) atoms. The Kier molecular flexibility index (Phi) is 3.99. The second kappa shape index (κ2) is 5.35. The summed E-state index contributed by atoms with van der Waals surface area (Å²) in [7, 11) is 0. The van der Waals surface area contributed by atoms with Crippen LogP contribution in [0.2, 0.25) is 0 Å². The van der Waals surface area contributed by atoms with Gasteiger partial charge in [0.05, 0.1) is 0 Å². The summed E-state index contributed by atoms with van der Waals surface area (Å²) >= 11 is 0. The van der Waals surface area contributed by atoms with Gasteiger partial charge in [0.15, 0.2) is 0 Å². The Morgan fingerprint density at radius 3 is 1.86 bits per heavy atom. The highest BCUT2D eigenvalue weighted by molar-refractivity contribution is 5.83. The molecule has 0 aromatic heterocycles. The van der Waals surface area contributed by atoms with Crippen LogP contribution in [0.1, 0.15) is 48.6 Å². The lowest BCUT2D eigenvalue weighted by Crippen LogP contribution is -2.13. The molecule has 118 valence electrons. The van der Waals surface area contributed by atoms with Gasteiger partial charge in [-0.15, -0.1) is 0 Å². The van der Waals surface area contributed by atoms with Crippen LogP contribution in [0.15, 0.2) is 18.2 Å². The minimum Gasteiger partial charge on any atom is -0.507 e. The van der Waals surface area contributed by atoms with E-state index in [1.54, 1.807) is 6.07 Å². The quantitative estimate of drug-likeness (QED) is 0.750. The lowest BCUT2D eigenvalue weighted by Gasteiger charge is -2.25. The Hall–Kier alpha value is -1.96. The average molecular weight is 298 g/mol. The first-order chi connectivity index (χ1) is 10.1. The zero-order valence-corrected chi connectivity index (χ0v) is 14.6. The molecule has 2 rings (SSSR count). The molecular formula is C20H26O2. The third-order valence-corrected chi connectivity index (χ3v) is 4.59. The fourth-order valence-electron chi connectivity index (χ4n) is 2.90. The van der Waals surface area contributed by atoms with Crippen LogP contribution in [0.5, 0.6) is 11.5 Å². The average Bonchev–Trinajstić information content (AvgIpc) is 2.41. The number of rotatable bonds is 1. The Morgan fingerprint density at radius 1 is 0.773 bits per heavy atom. The SMILES string of the molecule is Cc1ccc(O)c(-c2c(C)c(C)cc(C(C)(C)C)c2O)c1C. The van der Waals surface area contributed by atoms with Gasteiger partial charge >= 0.3 is 0 Å². The van der Waals surface area contributed by atoms with Crippen molar-refractivity contribution in [3.63, 3.8) is 0 Å². The first-order valence-electron chi connectivity index (χ1n) is 7.69. The zero-order chi connectivity index (χ0) is 16.8. The van der Waals surface area contributed by atoms with Crippen molar-refractivity contribution in [2.24, 2.45) is 0 Å². The van der Waals surface area contributed by atoms with Gasteiger partial charge in [-0.05, 0) is 61.4 Å². The van der Waals surface area contributed by atoms with Gasteiger partial charge in [-0.2, -0.15) is 0 Å². The van der Waals surface area contributed by atoms with E-state index in [2.05, 4.69) is 33.8 Å². The molecule has 2 N–H and O–H groups in total. The maximum Gasteiger partial charge on any atom is 0.127 e. The summed E-state index contributed by atoms with van der Waals surface area (Å²) in [5.41, 5.74) is 6.48. The largest absolute Gasteiger partial charge is 0.507 e. The van der Waals surface area contributed by atoms with Gasteiger partial charge in [-0.3, -0.25) is 0 Å². The van der Waals surface area contributed by atoms with Gasteiger partial charge in [0, 0.05) is 16.7 Å². The van der Waals surface area contributed by atoms with Crippen LogP contribution in [-0.2, 0) is 5.41 Å². The molecule has 0 aliphatic carbocycles. The van der Waals surface area contributed by atoms with E-state index in [1.807, 2.05) is 26.8 Å². The molecule has 0 radical (unpaired) electrons. The van der Waals surface area contributed by atoms with Crippen LogP contribution in [0, 0.1) is 27.7 Å². The van der Waals surface area contributed by atoms with Gasteiger partial charge in [0.1, 0.15) is 11.5 Å². The Bertz CT molecular complexity index is 735. The molecule has 2 heteroatoms. The minimum absolute atomic E-state index is 0.162. The Morgan fingerprint density at radius 2 is 1.32 bits per heavy atom. The highest BCUT2D eigenvalue weighted by Crippen LogP contribution is 2.46. The van der Waals surface area contributed by atoms with Gasteiger partial charge in [0.2, 0.25) is 0 Å². The highest BCUT2D eigenvalue weighted by Gasteiger charge is 2.25. The van der Waals surface area contributed by atoms with Gasteiger partial charge in [-0.25, -0.2) is 0 Å². The molecule has 0 amide bonds. The first kappa shape index (κ1) is 16.4. The zero-order valence-electron chi connectivity index (χ0n) is 14.6. The first-order valence-corrected chi connectivity index (χ1v) is 7.69. The van der Waals surface area contributed by atoms with Crippen LogP contribution < -0.4 is 0 Å². The molecule has 0 saturated carbocycles. The molecule has 0 bridgehead atoms. The van der Waals surface area contributed by atoms with Crippen LogP contribution in [0.4, 0.5) is 0 Å². The molecular weight excluding hydrogens is 272 g/mol. The van der Waals surface area contributed by atoms with E-state index in [1.165, 1.54) is 0 Å². The monoisotopic (exact) mass is 298 g/mol. The lowest BCUT2D eigenvalue weighted by molar-refractivity contribution is 0.445. The fourth-order valence-corrected chi connectivity index (χ4v) is 2.90. The molecule has 0 aliphatic heterocycles. The highest BCUT2D eigenvalue weighted by atomic mass is 16.3. The standard InChI is InChI=1S/C20H26O2/c1-11-8-9-16(21)17(13(11)3)18-14(4)12(2)10-15(19(18)22)20(5,6)7/h8-10,21-22H,1-7H3. The van der Waals surface area contributed by atoms with E-state index in [9.17, 15) is 10.2 Å². The number of hydrogen-bond acceptors (Lipinski definition) is 2. The normalized spacial score (nSPS) is 11.8. The smallest absolute Gasteiger partial charge is 0.127 e. The van der Waals surface area contributed by atoms with Crippen molar-refractivity contribution >= 4 is 0 Å². The summed E-state index contributed by atoms with van der Waals surface area (Å²) in [5, 5.41) is 21.3. The predicted octanol–water partition coefficient (Wildman–Crippen LogP) is 5.30. The molecule has 2 aromatic carbocycles. The van der Waals surface area contributed by atoms with Crippen molar-refractivity contribution in [1.29, 1.82) is 0 Å². The summed E-state index contributed by atoms with van der Waals surface area (Å²) in [4.78, 5) is 0. The van der Waals surface area contributed by atoms with E-state index >= 15 is 0 Å². The van der Waals surface area contributed by atoms with E-state index in [0.717, 1.165) is 38.9 Å². The molecule has 0 saturated heterocycles. The van der Waals surface area contributed by atoms with Crippen LogP contribution in [0.3, 0.4) is 0 Å². The summed E-state index contributed by atoms with van der Waals surface area (Å²) < 4.78 is 0. The predicted molar refractivity (Wildman–Crippen MR) is 92.9 cm³/mol. The van der Waals surface area contributed by atoms with E-state index < -0.39 is 0 Å². The van der Waals surface area contributed by atoms with E-state index in [-0.39, 0.29) is 16.9 Å². The van der Waals surface area contributed by atoms with E-state index in [4.69, 9.17) is 0 Å².